The minimum atomic E-state index is -0.0561. The maximum Gasteiger partial charge on any atom is 0.226 e. The molecule has 0 unspecified atom stereocenters. The molecule has 146 valence electrons. The molecule has 3 rings (SSSR count). The number of carbonyl (C=O) groups excluding carboxylic acids is 2. The first-order valence-corrected chi connectivity index (χ1v) is 11.4. The van der Waals surface area contributed by atoms with Gasteiger partial charge in [-0.25, -0.2) is 4.98 Å². The summed E-state index contributed by atoms with van der Waals surface area (Å²) in [5.74, 6) is 1.22. The van der Waals surface area contributed by atoms with E-state index in [1.165, 1.54) is 34.4 Å². The van der Waals surface area contributed by atoms with Crippen molar-refractivity contribution in [3.8, 4) is 5.75 Å². The number of thiazole rings is 1. The maximum absolute atomic E-state index is 12.1. The lowest BCUT2D eigenvalue weighted by molar-refractivity contribution is -0.120. The number of thiophene rings is 1. The van der Waals surface area contributed by atoms with E-state index < -0.39 is 0 Å². The molecule has 0 saturated carbocycles. The Morgan fingerprint density at radius 1 is 1.21 bits per heavy atom. The molecule has 0 radical (unpaired) electrons. The smallest absolute Gasteiger partial charge is 0.226 e. The van der Waals surface area contributed by atoms with Gasteiger partial charge in [0.2, 0.25) is 5.91 Å². The highest BCUT2D eigenvalue weighted by Crippen LogP contribution is 2.24. The lowest BCUT2D eigenvalue weighted by atomic mass is 10.1. The molecule has 2 heterocycles. The molecule has 0 spiro atoms. The zero-order chi connectivity index (χ0) is 19.8. The van der Waals surface area contributed by atoms with Gasteiger partial charge in [-0.05, 0) is 35.6 Å². The van der Waals surface area contributed by atoms with E-state index in [9.17, 15) is 9.59 Å². The summed E-state index contributed by atoms with van der Waals surface area (Å²) < 4.78 is 6.01. The third-order valence-electron chi connectivity index (χ3n) is 3.87. The molecule has 2 aromatic heterocycles. The first kappa shape index (κ1) is 20.6. The van der Waals surface area contributed by atoms with Gasteiger partial charge >= 0.3 is 0 Å². The first-order valence-electron chi connectivity index (χ1n) is 8.67. The van der Waals surface area contributed by atoms with E-state index >= 15 is 0 Å². The van der Waals surface area contributed by atoms with Gasteiger partial charge < -0.3 is 10.1 Å². The molecule has 28 heavy (non-hydrogen) atoms. The van der Waals surface area contributed by atoms with E-state index in [1.54, 1.807) is 7.11 Å². The highest BCUT2D eigenvalue weighted by Gasteiger charge is 2.11. The van der Waals surface area contributed by atoms with Crippen LogP contribution in [0, 0.1) is 0 Å². The SMILES string of the molecule is COc1cccc(CCNC(=O)Cc2csc(SCC(=O)c3cccs3)n2)c1. The summed E-state index contributed by atoms with van der Waals surface area (Å²) in [7, 11) is 1.64. The van der Waals surface area contributed by atoms with Gasteiger partial charge in [-0.15, -0.1) is 22.7 Å². The number of ketones is 1. The fourth-order valence-corrected chi connectivity index (χ4v) is 4.96. The lowest BCUT2D eigenvalue weighted by Gasteiger charge is -2.06. The molecule has 1 amide bonds. The Balaban J connectivity index is 1.40. The van der Waals surface area contributed by atoms with Crippen LogP contribution in [0.25, 0.3) is 0 Å². The van der Waals surface area contributed by atoms with Crippen LogP contribution < -0.4 is 10.1 Å². The normalized spacial score (nSPS) is 10.6. The molecule has 0 bridgehead atoms. The number of amides is 1. The second kappa shape index (κ2) is 10.4. The van der Waals surface area contributed by atoms with Gasteiger partial charge in [0.05, 0.1) is 29.9 Å². The van der Waals surface area contributed by atoms with Crippen molar-refractivity contribution in [1.82, 2.24) is 10.3 Å². The van der Waals surface area contributed by atoms with Crippen molar-refractivity contribution in [2.45, 2.75) is 17.2 Å². The maximum atomic E-state index is 12.1. The van der Waals surface area contributed by atoms with E-state index in [0.717, 1.165) is 32.6 Å². The zero-order valence-corrected chi connectivity index (χ0v) is 17.8. The average Bonchev–Trinajstić information content (AvgIpc) is 3.38. The van der Waals surface area contributed by atoms with E-state index in [-0.39, 0.29) is 18.1 Å². The third kappa shape index (κ3) is 6.19. The van der Waals surface area contributed by atoms with E-state index in [2.05, 4.69) is 10.3 Å². The quantitative estimate of drug-likeness (QED) is 0.386. The van der Waals surface area contributed by atoms with Gasteiger partial charge in [0.15, 0.2) is 10.1 Å². The molecule has 8 heteroatoms. The number of ether oxygens (including phenoxy) is 1. The van der Waals surface area contributed by atoms with Crippen LogP contribution in [0.2, 0.25) is 0 Å². The Hall–Kier alpha value is -2.16. The number of thioether (sulfide) groups is 1. The number of benzene rings is 1. The molecule has 0 aliphatic heterocycles. The van der Waals surface area contributed by atoms with E-state index in [4.69, 9.17) is 4.74 Å². The van der Waals surface area contributed by atoms with Gasteiger partial charge in [-0.3, -0.25) is 9.59 Å². The van der Waals surface area contributed by atoms with Crippen LogP contribution in [0.1, 0.15) is 20.9 Å². The Morgan fingerprint density at radius 3 is 2.89 bits per heavy atom. The number of rotatable bonds is 10. The number of nitrogens with zero attached hydrogens (tertiary/aromatic N) is 1. The van der Waals surface area contributed by atoms with E-state index in [0.29, 0.717) is 12.3 Å². The van der Waals surface area contributed by atoms with Gasteiger partial charge in [0, 0.05) is 11.9 Å². The van der Waals surface area contributed by atoms with Gasteiger partial charge in [-0.2, -0.15) is 0 Å². The topological polar surface area (TPSA) is 68.3 Å². The van der Waals surface area contributed by atoms with Crippen LogP contribution in [0.4, 0.5) is 0 Å². The molecule has 1 aromatic carbocycles. The molecule has 0 aliphatic carbocycles. The van der Waals surface area contributed by atoms with Gasteiger partial charge in [0.1, 0.15) is 5.75 Å². The van der Waals surface area contributed by atoms with Crippen molar-refractivity contribution in [3.05, 3.63) is 63.3 Å². The Bertz CT molecular complexity index is 922. The van der Waals surface area contributed by atoms with Crippen molar-refractivity contribution in [2.24, 2.45) is 0 Å². The van der Waals surface area contributed by atoms with Crippen LogP contribution in [0.15, 0.2) is 51.5 Å². The van der Waals surface area contributed by atoms with Crippen molar-refractivity contribution in [2.75, 3.05) is 19.4 Å². The van der Waals surface area contributed by atoms with Crippen molar-refractivity contribution in [1.29, 1.82) is 0 Å². The summed E-state index contributed by atoms with van der Waals surface area (Å²) in [6, 6.07) is 11.5. The molecule has 0 saturated heterocycles. The second-order valence-electron chi connectivity index (χ2n) is 5.92. The predicted molar refractivity (Wildman–Crippen MR) is 115 cm³/mol. The Kier molecular flexibility index (Phi) is 7.64. The minimum Gasteiger partial charge on any atom is -0.497 e. The van der Waals surface area contributed by atoms with Gasteiger partial charge in [0.25, 0.3) is 0 Å². The minimum absolute atomic E-state index is 0.0561. The van der Waals surface area contributed by atoms with Crippen LogP contribution in [0.5, 0.6) is 5.75 Å². The number of methoxy groups -OCH3 is 1. The monoisotopic (exact) mass is 432 g/mol. The second-order valence-corrected chi connectivity index (χ2v) is 8.95. The van der Waals surface area contributed by atoms with Crippen LogP contribution >= 0.6 is 34.4 Å². The molecule has 1 N–H and O–H groups in total. The van der Waals surface area contributed by atoms with Crippen LogP contribution in [0.3, 0.4) is 0 Å². The average molecular weight is 433 g/mol. The fourth-order valence-electron chi connectivity index (χ4n) is 2.47. The molecule has 0 fully saturated rings. The van der Waals surface area contributed by atoms with Crippen LogP contribution in [-0.4, -0.2) is 36.1 Å². The largest absolute Gasteiger partial charge is 0.497 e. The predicted octanol–water partition coefficient (Wildman–Crippen LogP) is 4.09. The van der Waals surface area contributed by atoms with E-state index in [1.807, 2.05) is 47.2 Å². The highest BCUT2D eigenvalue weighted by atomic mass is 32.2. The Morgan fingerprint density at radius 2 is 2.11 bits per heavy atom. The summed E-state index contributed by atoms with van der Waals surface area (Å²) in [4.78, 5) is 29.4. The standard InChI is InChI=1S/C20H20N2O3S3/c1-25-16-5-2-4-14(10-16)7-8-21-19(24)11-15-12-27-20(22-15)28-13-17(23)18-6-3-9-26-18/h2-6,9-10,12H,7-8,11,13H2,1H3,(H,21,24). The number of hydrogen-bond donors (Lipinski definition) is 1. The molecule has 0 aliphatic rings. The van der Waals surface area contributed by atoms with Crippen molar-refractivity contribution < 1.29 is 14.3 Å². The Labute approximate surface area is 176 Å². The number of nitrogens with one attached hydrogen (secondary N) is 1. The molecule has 0 atom stereocenters. The molecular weight excluding hydrogens is 412 g/mol. The third-order valence-corrected chi connectivity index (χ3v) is 6.85. The number of hydrogen-bond acceptors (Lipinski definition) is 7. The molecule has 5 nitrogen and oxygen atoms in total. The molecule has 3 aromatic rings. The fraction of sp³-hybridized carbons (Fsp3) is 0.250. The van der Waals surface area contributed by atoms with Crippen molar-refractivity contribution >= 4 is 46.1 Å². The highest BCUT2D eigenvalue weighted by molar-refractivity contribution is 8.01. The first-order chi connectivity index (χ1) is 13.6. The van der Waals surface area contributed by atoms with Gasteiger partial charge in [-0.1, -0.05) is 30.0 Å². The summed E-state index contributed by atoms with van der Waals surface area (Å²) in [6.07, 6.45) is 0.986. The number of Topliss-reactive ketones (excluding diaryl/α,β-unsaturated/α-hetero) is 1. The van der Waals surface area contributed by atoms with Crippen molar-refractivity contribution in [3.63, 3.8) is 0 Å². The van der Waals surface area contributed by atoms with Crippen LogP contribution in [-0.2, 0) is 17.6 Å². The summed E-state index contributed by atoms with van der Waals surface area (Å²) in [5.41, 5.74) is 1.84. The lowest BCUT2D eigenvalue weighted by Crippen LogP contribution is -2.27. The summed E-state index contributed by atoms with van der Waals surface area (Å²) in [6.45, 7) is 0.563. The number of aromatic nitrogens is 1. The summed E-state index contributed by atoms with van der Waals surface area (Å²) in [5, 5.41) is 6.69. The summed E-state index contributed by atoms with van der Waals surface area (Å²) >= 11 is 4.33. The number of carbonyl (C=O) groups is 2. The molecular formula is C20H20N2O3S3. The zero-order valence-electron chi connectivity index (χ0n) is 15.3.